The zero-order valence-electron chi connectivity index (χ0n) is 15.3. The van der Waals surface area contributed by atoms with Gasteiger partial charge in [-0.15, -0.1) is 10.2 Å². The lowest BCUT2D eigenvalue weighted by atomic mass is 9.95. The van der Waals surface area contributed by atoms with Crippen LogP contribution in [-0.4, -0.2) is 26.4 Å². The summed E-state index contributed by atoms with van der Waals surface area (Å²) in [5.74, 6) is 1.53. The molecule has 6 nitrogen and oxygen atoms in total. The van der Waals surface area contributed by atoms with Crippen molar-refractivity contribution >= 4 is 35.0 Å². The van der Waals surface area contributed by atoms with E-state index in [9.17, 15) is 4.79 Å². The minimum atomic E-state index is -0.129. The highest BCUT2D eigenvalue weighted by Gasteiger charge is 2.25. The molecule has 1 amide bonds. The highest BCUT2D eigenvalue weighted by Crippen LogP contribution is 2.35. The molecule has 1 saturated carbocycles. The molecule has 1 aromatic carbocycles. The SMILES string of the molecule is O=C(CSc1nnc(-c2ccco2)n1C1CCCCC1)Nc1ccccc1Cl. The molecule has 1 fully saturated rings. The van der Waals surface area contributed by atoms with Crippen molar-refractivity contribution < 1.29 is 9.21 Å². The van der Waals surface area contributed by atoms with Crippen LogP contribution in [0.25, 0.3) is 11.6 Å². The number of nitrogens with one attached hydrogen (secondary N) is 1. The molecule has 0 unspecified atom stereocenters. The summed E-state index contributed by atoms with van der Waals surface area (Å²) in [7, 11) is 0. The minimum absolute atomic E-state index is 0.129. The number of aromatic nitrogens is 3. The van der Waals surface area contributed by atoms with Gasteiger partial charge in [0.25, 0.3) is 0 Å². The van der Waals surface area contributed by atoms with E-state index in [2.05, 4.69) is 20.1 Å². The van der Waals surface area contributed by atoms with Crippen molar-refractivity contribution in [2.24, 2.45) is 0 Å². The van der Waals surface area contributed by atoms with Gasteiger partial charge in [-0.1, -0.05) is 54.8 Å². The fourth-order valence-corrected chi connectivity index (χ4v) is 4.49. The van der Waals surface area contributed by atoms with Crippen molar-refractivity contribution in [2.45, 2.75) is 43.3 Å². The summed E-state index contributed by atoms with van der Waals surface area (Å²) < 4.78 is 7.70. The monoisotopic (exact) mass is 416 g/mol. The lowest BCUT2D eigenvalue weighted by Gasteiger charge is -2.25. The van der Waals surface area contributed by atoms with Crippen molar-refractivity contribution in [1.82, 2.24) is 14.8 Å². The van der Waals surface area contributed by atoms with Crippen molar-refractivity contribution in [3.05, 3.63) is 47.7 Å². The molecule has 0 saturated heterocycles. The van der Waals surface area contributed by atoms with Crippen LogP contribution in [0.3, 0.4) is 0 Å². The van der Waals surface area contributed by atoms with E-state index >= 15 is 0 Å². The zero-order valence-corrected chi connectivity index (χ0v) is 16.9. The van der Waals surface area contributed by atoms with Crippen LogP contribution in [0.4, 0.5) is 5.69 Å². The first-order chi connectivity index (χ1) is 13.7. The third-order valence-electron chi connectivity index (χ3n) is 4.83. The van der Waals surface area contributed by atoms with Gasteiger partial charge in [0.2, 0.25) is 11.7 Å². The molecule has 0 atom stereocenters. The van der Waals surface area contributed by atoms with Gasteiger partial charge >= 0.3 is 0 Å². The molecule has 0 bridgehead atoms. The molecule has 2 heterocycles. The quantitative estimate of drug-likeness (QED) is 0.542. The lowest BCUT2D eigenvalue weighted by molar-refractivity contribution is -0.113. The first-order valence-corrected chi connectivity index (χ1v) is 10.7. The molecule has 0 radical (unpaired) electrons. The second kappa shape index (κ2) is 8.84. The van der Waals surface area contributed by atoms with Gasteiger partial charge in [-0.2, -0.15) is 0 Å². The van der Waals surface area contributed by atoms with Crippen LogP contribution in [0.2, 0.25) is 5.02 Å². The predicted molar refractivity (Wildman–Crippen MR) is 111 cm³/mol. The number of nitrogens with zero attached hydrogens (tertiary/aromatic N) is 3. The smallest absolute Gasteiger partial charge is 0.234 e. The second-order valence-corrected chi connectivity index (χ2v) is 8.11. The van der Waals surface area contributed by atoms with Crippen LogP contribution in [0, 0.1) is 0 Å². The molecule has 1 aliphatic carbocycles. The number of hydrogen-bond acceptors (Lipinski definition) is 5. The van der Waals surface area contributed by atoms with E-state index in [4.69, 9.17) is 16.0 Å². The Kier molecular flexibility index (Phi) is 6.02. The largest absolute Gasteiger partial charge is 0.461 e. The van der Waals surface area contributed by atoms with E-state index in [1.165, 1.54) is 31.0 Å². The molecule has 146 valence electrons. The first kappa shape index (κ1) is 19.1. The average Bonchev–Trinajstić information content (AvgIpc) is 3.38. The summed E-state index contributed by atoms with van der Waals surface area (Å²) >= 11 is 7.50. The summed E-state index contributed by atoms with van der Waals surface area (Å²) in [6, 6.07) is 11.3. The molecule has 28 heavy (non-hydrogen) atoms. The van der Waals surface area contributed by atoms with E-state index < -0.39 is 0 Å². The number of benzene rings is 1. The second-order valence-electron chi connectivity index (χ2n) is 6.76. The molecule has 8 heteroatoms. The van der Waals surface area contributed by atoms with Crippen LogP contribution in [-0.2, 0) is 4.79 Å². The third kappa shape index (κ3) is 4.25. The maximum Gasteiger partial charge on any atom is 0.234 e. The van der Waals surface area contributed by atoms with E-state index in [0.717, 1.165) is 23.8 Å². The summed E-state index contributed by atoms with van der Waals surface area (Å²) in [6.07, 6.45) is 7.46. The number of carbonyl (C=O) groups excluding carboxylic acids is 1. The fourth-order valence-electron chi connectivity index (χ4n) is 3.50. The van der Waals surface area contributed by atoms with E-state index in [1.807, 2.05) is 24.3 Å². The standard InChI is InChI=1S/C20H21ClN4O2S/c21-15-9-4-5-10-16(15)22-18(26)13-28-20-24-23-19(17-11-6-12-27-17)25(20)14-7-2-1-3-8-14/h4-6,9-12,14H,1-3,7-8,13H2,(H,22,26). The summed E-state index contributed by atoms with van der Waals surface area (Å²) in [5.41, 5.74) is 0.611. The average molecular weight is 417 g/mol. The number of thioether (sulfide) groups is 1. The van der Waals surface area contributed by atoms with E-state index in [-0.39, 0.29) is 11.7 Å². The summed E-state index contributed by atoms with van der Waals surface area (Å²) in [6.45, 7) is 0. The number of para-hydroxylation sites is 1. The Bertz CT molecular complexity index is 936. The van der Waals surface area contributed by atoms with E-state index in [0.29, 0.717) is 22.5 Å². The number of anilines is 1. The van der Waals surface area contributed by atoms with Gasteiger partial charge in [0.1, 0.15) is 0 Å². The molecule has 3 aromatic rings. The molecule has 4 rings (SSSR count). The van der Waals surface area contributed by atoms with Gasteiger partial charge in [0, 0.05) is 6.04 Å². The first-order valence-electron chi connectivity index (χ1n) is 9.38. The number of carbonyl (C=O) groups is 1. The number of halogens is 1. The zero-order chi connectivity index (χ0) is 19.3. The molecule has 0 aliphatic heterocycles. The van der Waals surface area contributed by atoms with Crippen LogP contribution in [0.1, 0.15) is 38.1 Å². The molecule has 0 spiro atoms. The van der Waals surface area contributed by atoms with Crippen molar-refractivity contribution in [1.29, 1.82) is 0 Å². The molecule has 2 aromatic heterocycles. The Balaban J connectivity index is 1.51. The topological polar surface area (TPSA) is 73.0 Å². The van der Waals surface area contributed by atoms with Crippen LogP contribution in [0.5, 0.6) is 0 Å². The Morgan fingerprint density at radius 3 is 2.75 bits per heavy atom. The van der Waals surface area contributed by atoms with Gasteiger partial charge in [-0.25, -0.2) is 0 Å². The Morgan fingerprint density at radius 1 is 1.18 bits per heavy atom. The predicted octanol–water partition coefficient (Wildman–Crippen LogP) is 5.43. The number of furan rings is 1. The molecular formula is C20H21ClN4O2S. The van der Waals surface area contributed by atoms with Gasteiger partial charge < -0.3 is 9.73 Å². The van der Waals surface area contributed by atoms with Crippen molar-refractivity contribution in [3.63, 3.8) is 0 Å². The number of rotatable bonds is 6. The summed E-state index contributed by atoms with van der Waals surface area (Å²) in [5, 5.41) is 12.8. The molecule has 1 aliphatic rings. The Hall–Kier alpha value is -2.25. The lowest BCUT2D eigenvalue weighted by Crippen LogP contribution is -2.17. The highest BCUT2D eigenvalue weighted by molar-refractivity contribution is 7.99. The minimum Gasteiger partial charge on any atom is -0.461 e. The maximum absolute atomic E-state index is 12.4. The molecule has 1 N–H and O–H groups in total. The van der Waals surface area contributed by atoms with Crippen LogP contribution in [0.15, 0.2) is 52.2 Å². The maximum atomic E-state index is 12.4. The normalized spacial score (nSPS) is 14.9. The Morgan fingerprint density at radius 2 is 2.00 bits per heavy atom. The summed E-state index contributed by atoms with van der Waals surface area (Å²) in [4.78, 5) is 12.4. The molecular weight excluding hydrogens is 396 g/mol. The van der Waals surface area contributed by atoms with Gasteiger partial charge in [0.15, 0.2) is 10.9 Å². The van der Waals surface area contributed by atoms with E-state index in [1.54, 1.807) is 18.4 Å². The van der Waals surface area contributed by atoms with Gasteiger partial charge in [0.05, 0.1) is 22.7 Å². The number of hydrogen-bond donors (Lipinski definition) is 1. The fraction of sp³-hybridized carbons (Fsp3) is 0.350. The van der Waals surface area contributed by atoms with Crippen molar-refractivity contribution in [3.8, 4) is 11.6 Å². The van der Waals surface area contributed by atoms with Gasteiger partial charge in [-0.3, -0.25) is 9.36 Å². The third-order valence-corrected chi connectivity index (χ3v) is 6.10. The van der Waals surface area contributed by atoms with Crippen molar-refractivity contribution in [2.75, 3.05) is 11.1 Å². The van der Waals surface area contributed by atoms with Crippen LogP contribution < -0.4 is 5.32 Å². The highest BCUT2D eigenvalue weighted by atomic mass is 35.5. The van der Waals surface area contributed by atoms with Gasteiger partial charge in [-0.05, 0) is 37.1 Å². The Labute approximate surface area is 172 Å². The number of amides is 1. The van der Waals surface area contributed by atoms with Crippen LogP contribution >= 0.6 is 23.4 Å².